The molecule has 1 unspecified atom stereocenters. The number of hydrogen-bond donors (Lipinski definition) is 1. The van der Waals surface area contributed by atoms with Crippen molar-refractivity contribution in [3.63, 3.8) is 0 Å². The lowest BCUT2D eigenvalue weighted by Crippen LogP contribution is -2.06. The maximum absolute atomic E-state index is 10.1. The third-order valence-electron chi connectivity index (χ3n) is 3.18. The average Bonchev–Trinajstić information content (AvgIpc) is 2.90. The topological polar surface area (TPSA) is 50.9 Å². The monoisotopic (exact) mass is 253 g/mol. The van der Waals surface area contributed by atoms with Gasteiger partial charge in [-0.2, -0.15) is 4.80 Å². The van der Waals surface area contributed by atoms with Gasteiger partial charge in [-0.05, 0) is 24.6 Å². The molecule has 1 atom stereocenters. The highest BCUT2D eigenvalue weighted by Crippen LogP contribution is 2.23. The summed E-state index contributed by atoms with van der Waals surface area (Å²) in [5.74, 6) is 0. The van der Waals surface area contributed by atoms with Crippen LogP contribution in [0.25, 0.3) is 16.7 Å². The van der Waals surface area contributed by atoms with Crippen molar-refractivity contribution in [3.05, 3.63) is 54.1 Å². The quantitative estimate of drug-likeness (QED) is 0.780. The van der Waals surface area contributed by atoms with Gasteiger partial charge >= 0.3 is 0 Å². The minimum absolute atomic E-state index is 0.495. The van der Waals surface area contributed by atoms with Gasteiger partial charge in [0.05, 0.1) is 11.8 Å². The minimum Gasteiger partial charge on any atom is -0.388 e. The smallest absolute Gasteiger partial charge is 0.113 e. The molecule has 0 amide bonds. The van der Waals surface area contributed by atoms with Crippen molar-refractivity contribution in [1.82, 2.24) is 15.0 Å². The molecule has 0 spiro atoms. The predicted molar refractivity (Wildman–Crippen MR) is 74.1 cm³/mol. The van der Waals surface area contributed by atoms with Crippen LogP contribution in [0.4, 0.5) is 0 Å². The van der Waals surface area contributed by atoms with Crippen LogP contribution in [0.1, 0.15) is 25.0 Å². The first kappa shape index (κ1) is 11.9. The molecule has 2 aromatic carbocycles. The Morgan fingerprint density at radius 1 is 1.00 bits per heavy atom. The van der Waals surface area contributed by atoms with Gasteiger partial charge in [-0.1, -0.05) is 37.3 Å². The van der Waals surface area contributed by atoms with Crippen molar-refractivity contribution >= 4 is 11.0 Å². The average molecular weight is 253 g/mol. The van der Waals surface area contributed by atoms with Gasteiger partial charge in [-0.3, -0.25) is 0 Å². The van der Waals surface area contributed by atoms with Crippen LogP contribution in [0.2, 0.25) is 0 Å². The Bertz CT molecular complexity index is 672. The number of benzene rings is 2. The summed E-state index contributed by atoms with van der Waals surface area (Å²) in [6, 6.07) is 15.4. The van der Waals surface area contributed by atoms with Crippen LogP contribution < -0.4 is 0 Å². The van der Waals surface area contributed by atoms with Crippen LogP contribution in [-0.4, -0.2) is 20.1 Å². The number of aliphatic hydroxyl groups is 1. The number of para-hydroxylation sites is 1. The number of aliphatic hydroxyl groups excluding tert-OH is 1. The van der Waals surface area contributed by atoms with E-state index in [9.17, 15) is 5.11 Å². The SMILES string of the molecule is CCC(O)c1ccccc1-n1nc2ccccc2n1. The summed E-state index contributed by atoms with van der Waals surface area (Å²) in [6.07, 6.45) is 0.169. The van der Waals surface area contributed by atoms with Crippen molar-refractivity contribution in [2.24, 2.45) is 0 Å². The molecule has 19 heavy (non-hydrogen) atoms. The third-order valence-corrected chi connectivity index (χ3v) is 3.18. The van der Waals surface area contributed by atoms with Gasteiger partial charge < -0.3 is 5.11 Å². The number of fused-ring (bicyclic) bond motifs is 1. The second-order valence-electron chi connectivity index (χ2n) is 4.46. The van der Waals surface area contributed by atoms with E-state index in [0.717, 1.165) is 22.3 Å². The zero-order valence-corrected chi connectivity index (χ0v) is 10.7. The van der Waals surface area contributed by atoms with Crippen molar-refractivity contribution in [1.29, 1.82) is 0 Å². The first-order valence-corrected chi connectivity index (χ1v) is 6.39. The van der Waals surface area contributed by atoms with Gasteiger partial charge in [0.1, 0.15) is 11.0 Å². The normalized spacial score (nSPS) is 12.7. The summed E-state index contributed by atoms with van der Waals surface area (Å²) < 4.78 is 0. The van der Waals surface area contributed by atoms with E-state index >= 15 is 0 Å². The second kappa shape index (κ2) is 4.82. The van der Waals surface area contributed by atoms with Crippen LogP contribution in [-0.2, 0) is 0 Å². The van der Waals surface area contributed by atoms with Gasteiger partial charge in [0.25, 0.3) is 0 Å². The Morgan fingerprint density at radius 2 is 1.58 bits per heavy atom. The molecule has 0 aliphatic carbocycles. The Hall–Kier alpha value is -2.20. The standard InChI is InChI=1S/C15H15N3O/c1-2-15(19)11-7-3-6-10-14(11)18-16-12-8-4-5-9-13(12)17-18/h3-10,15,19H,2H2,1H3. The van der Waals surface area contributed by atoms with Gasteiger partial charge in [-0.25, -0.2) is 0 Å². The van der Waals surface area contributed by atoms with E-state index in [1.165, 1.54) is 0 Å². The van der Waals surface area contributed by atoms with Gasteiger partial charge in [0.15, 0.2) is 0 Å². The molecule has 0 aliphatic heterocycles. The van der Waals surface area contributed by atoms with E-state index < -0.39 is 6.10 Å². The molecular weight excluding hydrogens is 238 g/mol. The fraction of sp³-hybridized carbons (Fsp3) is 0.200. The van der Waals surface area contributed by atoms with E-state index in [2.05, 4.69) is 10.2 Å². The van der Waals surface area contributed by atoms with Crippen molar-refractivity contribution < 1.29 is 5.11 Å². The molecule has 4 heteroatoms. The zero-order chi connectivity index (χ0) is 13.2. The summed E-state index contributed by atoms with van der Waals surface area (Å²) in [5, 5.41) is 19.0. The summed E-state index contributed by atoms with van der Waals surface area (Å²) in [7, 11) is 0. The molecule has 0 radical (unpaired) electrons. The van der Waals surface area contributed by atoms with Gasteiger partial charge in [0.2, 0.25) is 0 Å². The highest BCUT2D eigenvalue weighted by atomic mass is 16.3. The minimum atomic E-state index is -0.495. The maximum atomic E-state index is 10.1. The van der Waals surface area contributed by atoms with Crippen LogP contribution in [0.5, 0.6) is 0 Å². The summed E-state index contributed by atoms with van der Waals surface area (Å²) in [6.45, 7) is 1.95. The van der Waals surface area contributed by atoms with Crippen LogP contribution in [0.15, 0.2) is 48.5 Å². The highest BCUT2D eigenvalue weighted by molar-refractivity contribution is 5.73. The zero-order valence-electron chi connectivity index (χ0n) is 10.7. The summed E-state index contributed by atoms with van der Waals surface area (Å²) in [4.78, 5) is 1.60. The van der Waals surface area contributed by atoms with E-state index in [1.54, 1.807) is 4.80 Å². The molecule has 3 rings (SSSR count). The maximum Gasteiger partial charge on any atom is 0.113 e. The van der Waals surface area contributed by atoms with E-state index in [0.29, 0.717) is 6.42 Å². The molecule has 0 aliphatic rings. The van der Waals surface area contributed by atoms with Crippen molar-refractivity contribution in [3.8, 4) is 5.69 Å². The Labute approximate surface area is 111 Å². The summed E-state index contributed by atoms with van der Waals surface area (Å²) in [5.41, 5.74) is 3.38. The Kier molecular flexibility index (Phi) is 3.01. The van der Waals surface area contributed by atoms with Gasteiger partial charge in [-0.15, -0.1) is 10.2 Å². The predicted octanol–water partition coefficient (Wildman–Crippen LogP) is 2.86. The van der Waals surface area contributed by atoms with Crippen LogP contribution in [0.3, 0.4) is 0 Å². The first-order chi connectivity index (χ1) is 9.29. The largest absolute Gasteiger partial charge is 0.388 e. The summed E-state index contributed by atoms with van der Waals surface area (Å²) >= 11 is 0. The third kappa shape index (κ3) is 2.11. The lowest BCUT2D eigenvalue weighted by Gasteiger charge is -2.12. The fourth-order valence-electron chi connectivity index (χ4n) is 2.14. The molecule has 0 saturated heterocycles. The van der Waals surface area contributed by atoms with Crippen molar-refractivity contribution in [2.45, 2.75) is 19.4 Å². The lowest BCUT2D eigenvalue weighted by molar-refractivity contribution is 0.173. The Balaban J connectivity index is 2.15. The number of rotatable bonds is 3. The molecule has 96 valence electrons. The highest BCUT2D eigenvalue weighted by Gasteiger charge is 2.13. The van der Waals surface area contributed by atoms with E-state index in [-0.39, 0.29) is 0 Å². The first-order valence-electron chi connectivity index (χ1n) is 6.39. The molecule has 1 aromatic heterocycles. The molecule has 3 aromatic rings. The number of hydrogen-bond acceptors (Lipinski definition) is 3. The van der Waals surface area contributed by atoms with E-state index in [1.807, 2.05) is 55.5 Å². The molecule has 4 nitrogen and oxygen atoms in total. The van der Waals surface area contributed by atoms with Gasteiger partial charge in [0, 0.05) is 5.56 Å². The molecule has 0 fully saturated rings. The number of nitrogens with zero attached hydrogens (tertiary/aromatic N) is 3. The lowest BCUT2D eigenvalue weighted by atomic mass is 10.1. The van der Waals surface area contributed by atoms with Crippen LogP contribution >= 0.6 is 0 Å². The fourth-order valence-corrected chi connectivity index (χ4v) is 2.14. The molecule has 1 N–H and O–H groups in total. The molecule has 0 bridgehead atoms. The Morgan fingerprint density at radius 3 is 2.21 bits per heavy atom. The molecular formula is C15H15N3O. The van der Waals surface area contributed by atoms with E-state index in [4.69, 9.17) is 0 Å². The van der Waals surface area contributed by atoms with Crippen molar-refractivity contribution in [2.75, 3.05) is 0 Å². The molecule has 1 heterocycles. The molecule has 0 saturated carbocycles. The number of aromatic nitrogens is 3. The van der Waals surface area contributed by atoms with Crippen LogP contribution in [0, 0.1) is 0 Å². The second-order valence-corrected chi connectivity index (χ2v) is 4.46.